The molecule has 0 saturated carbocycles. The van der Waals surface area contributed by atoms with Gasteiger partial charge in [0.1, 0.15) is 0 Å². The second kappa shape index (κ2) is 5.90. The van der Waals surface area contributed by atoms with E-state index in [4.69, 9.17) is 0 Å². The molecule has 0 aliphatic heterocycles. The van der Waals surface area contributed by atoms with Crippen molar-refractivity contribution in [3.63, 3.8) is 0 Å². The number of rotatable bonds is 4. The molecule has 0 heterocycles. The highest BCUT2D eigenvalue weighted by atomic mass is 15.1. The van der Waals surface area contributed by atoms with Crippen LogP contribution in [0.2, 0.25) is 0 Å². The molecule has 3 aromatic rings. The molecule has 1 heteroatoms. The maximum absolute atomic E-state index is 3.89. The fourth-order valence-corrected chi connectivity index (χ4v) is 2.67. The zero-order valence-corrected chi connectivity index (χ0v) is 12.8. The topological polar surface area (TPSA) is 3.24 Å². The molecule has 3 rings (SSSR count). The molecule has 0 amide bonds. The van der Waals surface area contributed by atoms with E-state index in [1.165, 1.54) is 16.5 Å². The van der Waals surface area contributed by atoms with Crippen molar-refractivity contribution in [3.05, 3.63) is 84.9 Å². The van der Waals surface area contributed by atoms with Gasteiger partial charge in [-0.25, -0.2) is 0 Å². The Morgan fingerprint density at radius 2 is 1.36 bits per heavy atom. The van der Waals surface area contributed by atoms with E-state index in [0.717, 1.165) is 16.8 Å². The molecule has 0 aliphatic rings. The van der Waals surface area contributed by atoms with Gasteiger partial charge in [0.2, 0.25) is 0 Å². The van der Waals surface area contributed by atoms with E-state index >= 15 is 0 Å². The average molecular weight is 285 g/mol. The van der Waals surface area contributed by atoms with Crippen LogP contribution < -0.4 is 4.90 Å². The summed E-state index contributed by atoms with van der Waals surface area (Å²) in [6.07, 6.45) is 3.73. The Morgan fingerprint density at radius 3 is 2.09 bits per heavy atom. The summed E-state index contributed by atoms with van der Waals surface area (Å²) >= 11 is 0. The molecule has 0 atom stereocenters. The molecule has 0 N–H and O–H groups in total. The molecule has 22 heavy (non-hydrogen) atoms. The lowest BCUT2D eigenvalue weighted by molar-refractivity contribution is 1.21. The summed E-state index contributed by atoms with van der Waals surface area (Å²) in [5.74, 6) is 0. The maximum Gasteiger partial charge on any atom is 0.0414 e. The van der Waals surface area contributed by atoms with Crippen LogP contribution >= 0.6 is 0 Å². The number of anilines is 2. The first-order chi connectivity index (χ1) is 10.7. The molecule has 0 aromatic heterocycles. The van der Waals surface area contributed by atoms with Crippen LogP contribution in [0, 0.1) is 0 Å². The van der Waals surface area contributed by atoms with Crippen molar-refractivity contribution in [1.29, 1.82) is 0 Å². The van der Waals surface area contributed by atoms with Crippen LogP contribution in [0.5, 0.6) is 0 Å². The standard InChI is InChI=1S/C21H19N/c1-4-16-10-12-20(14-17(16)5-2)22(3)21-13-11-18-8-6-7-9-19(18)15-21/h4-15H,1-2H2,3H3. The van der Waals surface area contributed by atoms with Gasteiger partial charge < -0.3 is 4.90 Å². The summed E-state index contributed by atoms with van der Waals surface area (Å²) < 4.78 is 0. The van der Waals surface area contributed by atoms with Crippen LogP contribution in [0.3, 0.4) is 0 Å². The summed E-state index contributed by atoms with van der Waals surface area (Å²) in [4.78, 5) is 2.19. The van der Waals surface area contributed by atoms with Gasteiger partial charge in [0, 0.05) is 18.4 Å². The fraction of sp³-hybridized carbons (Fsp3) is 0.0476. The van der Waals surface area contributed by atoms with Gasteiger partial charge in [0.15, 0.2) is 0 Å². The van der Waals surface area contributed by atoms with Gasteiger partial charge in [0.25, 0.3) is 0 Å². The molecular weight excluding hydrogens is 266 g/mol. The van der Waals surface area contributed by atoms with Crippen LogP contribution in [0.15, 0.2) is 73.8 Å². The monoisotopic (exact) mass is 285 g/mol. The smallest absolute Gasteiger partial charge is 0.0414 e. The number of hydrogen-bond acceptors (Lipinski definition) is 1. The fourth-order valence-electron chi connectivity index (χ4n) is 2.67. The Labute approximate surface area is 131 Å². The third kappa shape index (κ3) is 2.53. The van der Waals surface area contributed by atoms with Crippen LogP contribution in [0.4, 0.5) is 11.4 Å². The Bertz CT molecular complexity index is 845. The van der Waals surface area contributed by atoms with Gasteiger partial charge >= 0.3 is 0 Å². The minimum Gasteiger partial charge on any atom is -0.345 e. The quantitative estimate of drug-likeness (QED) is 0.577. The van der Waals surface area contributed by atoms with Gasteiger partial charge in [-0.3, -0.25) is 0 Å². The summed E-state index contributed by atoms with van der Waals surface area (Å²) in [6.45, 7) is 7.73. The van der Waals surface area contributed by atoms with E-state index in [0.29, 0.717) is 0 Å². The van der Waals surface area contributed by atoms with Crippen LogP contribution in [0.1, 0.15) is 11.1 Å². The summed E-state index contributed by atoms with van der Waals surface area (Å²) in [5, 5.41) is 2.51. The van der Waals surface area contributed by atoms with E-state index in [-0.39, 0.29) is 0 Å². The maximum atomic E-state index is 3.89. The summed E-state index contributed by atoms with van der Waals surface area (Å²) in [7, 11) is 2.08. The zero-order valence-electron chi connectivity index (χ0n) is 12.8. The number of nitrogens with zero attached hydrogens (tertiary/aromatic N) is 1. The first kappa shape index (κ1) is 14.2. The molecule has 108 valence electrons. The molecule has 0 unspecified atom stereocenters. The molecular formula is C21H19N. The van der Waals surface area contributed by atoms with Crippen molar-refractivity contribution in [2.24, 2.45) is 0 Å². The minimum absolute atomic E-state index is 1.10. The van der Waals surface area contributed by atoms with E-state index in [2.05, 4.69) is 85.8 Å². The van der Waals surface area contributed by atoms with Gasteiger partial charge in [0.05, 0.1) is 0 Å². The Balaban J connectivity index is 2.03. The van der Waals surface area contributed by atoms with Gasteiger partial charge in [-0.15, -0.1) is 0 Å². The van der Waals surface area contributed by atoms with E-state index < -0.39 is 0 Å². The molecule has 0 radical (unpaired) electrons. The molecule has 0 bridgehead atoms. The molecule has 0 fully saturated rings. The Morgan fingerprint density at radius 1 is 0.727 bits per heavy atom. The average Bonchev–Trinajstić information content (AvgIpc) is 2.60. The van der Waals surface area contributed by atoms with Crippen molar-refractivity contribution in [3.8, 4) is 0 Å². The van der Waals surface area contributed by atoms with Crippen LogP contribution in [-0.4, -0.2) is 7.05 Å². The summed E-state index contributed by atoms with van der Waals surface area (Å²) in [6, 6.07) is 21.3. The van der Waals surface area contributed by atoms with Crippen LogP contribution in [-0.2, 0) is 0 Å². The molecule has 0 saturated heterocycles. The number of fused-ring (bicyclic) bond motifs is 1. The summed E-state index contributed by atoms with van der Waals surface area (Å²) in [5.41, 5.74) is 4.50. The lowest BCUT2D eigenvalue weighted by atomic mass is 10.1. The van der Waals surface area contributed by atoms with E-state index in [1.54, 1.807) is 0 Å². The minimum atomic E-state index is 1.10. The number of hydrogen-bond donors (Lipinski definition) is 0. The highest BCUT2D eigenvalue weighted by Gasteiger charge is 2.06. The van der Waals surface area contributed by atoms with Crippen LogP contribution in [0.25, 0.3) is 22.9 Å². The van der Waals surface area contributed by atoms with Crippen molar-refractivity contribution in [2.45, 2.75) is 0 Å². The first-order valence-corrected chi connectivity index (χ1v) is 7.34. The third-order valence-corrected chi connectivity index (χ3v) is 4.02. The van der Waals surface area contributed by atoms with Gasteiger partial charge in [-0.2, -0.15) is 0 Å². The normalized spacial score (nSPS) is 10.4. The molecule has 0 aliphatic carbocycles. The molecule has 1 nitrogen and oxygen atoms in total. The highest BCUT2D eigenvalue weighted by Crippen LogP contribution is 2.29. The second-order valence-corrected chi connectivity index (χ2v) is 5.31. The van der Waals surface area contributed by atoms with E-state index in [1.807, 2.05) is 12.2 Å². The van der Waals surface area contributed by atoms with Crippen molar-refractivity contribution in [1.82, 2.24) is 0 Å². The predicted octanol–water partition coefficient (Wildman–Crippen LogP) is 5.89. The van der Waals surface area contributed by atoms with Crippen molar-refractivity contribution < 1.29 is 0 Å². The largest absolute Gasteiger partial charge is 0.345 e. The molecule has 3 aromatic carbocycles. The van der Waals surface area contributed by atoms with Gasteiger partial charge in [-0.1, -0.05) is 61.7 Å². The zero-order chi connectivity index (χ0) is 15.5. The van der Waals surface area contributed by atoms with Gasteiger partial charge in [-0.05, 0) is 46.2 Å². The number of benzene rings is 3. The lowest BCUT2D eigenvalue weighted by Gasteiger charge is -2.21. The Kier molecular flexibility index (Phi) is 3.80. The predicted molar refractivity (Wildman–Crippen MR) is 98.6 cm³/mol. The SMILES string of the molecule is C=Cc1ccc(N(C)c2ccc3ccccc3c2)cc1C=C. The van der Waals surface area contributed by atoms with Crippen molar-refractivity contribution in [2.75, 3.05) is 11.9 Å². The highest BCUT2D eigenvalue weighted by molar-refractivity contribution is 5.87. The first-order valence-electron chi connectivity index (χ1n) is 7.34. The second-order valence-electron chi connectivity index (χ2n) is 5.31. The lowest BCUT2D eigenvalue weighted by Crippen LogP contribution is -2.09. The third-order valence-electron chi connectivity index (χ3n) is 4.02. The Hall–Kier alpha value is -2.80. The van der Waals surface area contributed by atoms with E-state index in [9.17, 15) is 0 Å². The van der Waals surface area contributed by atoms with Crippen molar-refractivity contribution >= 4 is 34.3 Å². The molecule has 0 spiro atoms.